The van der Waals surface area contributed by atoms with Gasteiger partial charge in [0.1, 0.15) is 11.7 Å². The van der Waals surface area contributed by atoms with E-state index in [2.05, 4.69) is 0 Å². The van der Waals surface area contributed by atoms with E-state index in [1.165, 1.54) is 4.90 Å². The van der Waals surface area contributed by atoms with Gasteiger partial charge in [-0.3, -0.25) is 14.4 Å². The van der Waals surface area contributed by atoms with Crippen molar-refractivity contribution in [2.45, 2.75) is 12.1 Å². The van der Waals surface area contributed by atoms with E-state index in [4.69, 9.17) is 9.57 Å². The lowest BCUT2D eigenvalue weighted by Gasteiger charge is -2.28. The fourth-order valence-electron chi connectivity index (χ4n) is 4.18. The lowest BCUT2D eigenvalue weighted by Crippen LogP contribution is -2.37. The topological polar surface area (TPSA) is 59.1 Å². The maximum atomic E-state index is 13.5. The minimum atomic E-state index is -0.870. The molecular weight excluding hydrogens is 380 g/mol. The lowest BCUT2D eigenvalue weighted by atomic mass is 9.90. The Kier molecular flexibility index (Phi) is 4.48. The lowest BCUT2D eigenvalue weighted by molar-refractivity contribution is -0.126. The number of hydroxylamine groups is 1. The molecule has 0 aliphatic carbocycles. The number of ether oxygens (including phenoxy) is 1. The monoisotopic (exact) mass is 400 g/mol. The molecule has 0 saturated carbocycles. The molecule has 3 aromatic carbocycles. The number of rotatable bonds is 4. The Morgan fingerprint density at radius 3 is 1.97 bits per heavy atom. The van der Waals surface area contributed by atoms with Crippen molar-refractivity contribution in [2.24, 2.45) is 5.92 Å². The summed E-state index contributed by atoms with van der Waals surface area (Å²) in [5, 5.41) is 1.69. The molecule has 0 radical (unpaired) electrons. The number of para-hydroxylation sites is 2. The highest BCUT2D eigenvalue weighted by molar-refractivity contribution is 6.23. The van der Waals surface area contributed by atoms with Crippen LogP contribution < -0.4 is 14.7 Å². The zero-order chi connectivity index (χ0) is 20.7. The van der Waals surface area contributed by atoms with E-state index in [1.807, 2.05) is 72.8 Å². The van der Waals surface area contributed by atoms with Crippen LogP contribution >= 0.6 is 0 Å². The highest BCUT2D eigenvalue weighted by atomic mass is 16.7. The van der Waals surface area contributed by atoms with Crippen molar-refractivity contribution in [3.8, 4) is 5.75 Å². The van der Waals surface area contributed by atoms with E-state index in [0.29, 0.717) is 5.69 Å². The first kappa shape index (κ1) is 18.4. The van der Waals surface area contributed by atoms with Crippen molar-refractivity contribution in [3.63, 3.8) is 0 Å². The van der Waals surface area contributed by atoms with Crippen LogP contribution in [0.3, 0.4) is 0 Å². The van der Waals surface area contributed by atoms with Crippen LogP contribution in [0.5, 0.6) is 5.75 Å². The number of benzene rings is 3. The zero-order valence-corrected chi connectivity index (χ0v) is 16.3. The Hall–Kier alpha value is -3.64. The second-order valence-corrected chi connectivity index (χ2v) is 7.28. The Morgan fingerprint density at radius 2 is 1.37 bits per heavy atom. The van der Waals surface area contributed by atoms with Crippen LogP contribution in [-0.4, -0.2) is 25.0 Å². The van der Waals surface area contributed by atoms with Gasteiger partial charge in [0, 0.05) is 0 Å². The number of fused-ring (bicyclic) bond motifs is 1. The van der Waals surface area contributed by atoms with Crippen LogP contribution in [0.4, 0.5) is 11.4 Å². The summed E-state index contributed by atoms with van der Waals surface area (Å²) in [6.45, 7) is 0. The SMILES string of the molecule is COc1ccc([C@H]2[C@@H]3C(=O)N(c4ccccc4)C(=O)[C@H]3ON2c2ccccc2)cc1. The van der Waals surface area contributed by atoms with Gasteiger partial charge in [0.2, 0.25) is 5.91 Å². The highest BCUT2D eigenvalue weighted by Gasteiger charge is 2.60. The molecule has 2 aliphatic heterocycles. The molecule has 2 heterocycles. The Morgan fingerprint density at radius 1 is 0.767 bits per heavy atom. The van der Waals surface area contributed by atoms with Crippen molar-refractivity contribution in [1.29, 1.82) is 0 Å². The van der Waals surface area contributed by atoms with Crippen LogP contribution in [0.1, 0.15) is 11.6 Å². The fraction of sp³-hybridized carbons (Fsp3) is 0.167. The van der Waals surface area contributed by atoms with E-state index >= 15 is 0 Å². The molecule has 150 valence electrons. The molecule has 2 fully saturated rings. The molecule has 2 saturated heterocycles. The number of carbonyl (C=O) groups excluding carboxylic acids is 2. The summed E-state index contributed by atoms with van der Waals surface area (Å²) in [5.41, 5.74) is 2.23. The van der Waals surface area contributed by atoms with Crippen molar-refractivity contribution < 1.29 is 19.2 Å². The number of imide groups is 1. The second-order valence-electron chi connectivity index (χ2n) is 7.28. The van der Waals surface area contributed by atoms with Gasteiger partial charge in [-0.2, -0.15) is 0 Å². The van der Waals surface area contributed by atoms with Crippen molar-refractivity contribution >= 4 is 23.2 Å². The molecule has 0 bridgehead atoms. The van der Waals surface area contributed by atoms with Crippen LogP contribution in [-0.2, 0) is 14.4 Å². The van der Waals surface area contributed by atoms with E-state index in [9.17, 15) is 9.59 Å². The number of methoxy groups -OCH3 is 1. The van der Waals surface area contributed by atoms with E-state index in [1.54, 1.807) is 24.3 Å². The first-order valence-corrected chi connectivity index (χ1v) is 9.77. The fourth-order valence-corrected chi connectivity index (χ4v) is 4.18. The van der Waals surface area contributed by atoms with E-state index in [0.717, 1.165) is 17.0 Å². The van der Waals surface area contributed by atoms with Crippen LogP contribution in [0.2, 0.25) is 0 Å². The van der Waals surface area contributed by atoms with Crippen molar-refractivity contribution in [2.75, 3.05) is 17.1 Å². The number of anilines is 2. The maximum absolute atomic E-state index is 13.5. The molecule has 3 atom stereocenters. The van der Waals surface area contributed by atoms with Gasteiger partial charge in [-0.1, -0.05) is 48.5 Å². The first-order valence-electron chi connectivity index (χ1n) is 9.77. The predicted octanol–water partition coefficient (Wildman–Crippen LogP) is 3.75. The molecular formula is C24H20N2O4. The third-order valence-corrected chi connectivity index (χ3v) is 5.60. The Bertz CT molecular complexity index is 1070. The summed E-state index contributed by atoms with van der Waals surface area (Å²) in [7, 11) is 1.61. The minimum Gasteiger partial charge on any atom is -0.497 e. The summed E-state index contributed by atoms with van der Waals surface area (Å²) in [6.07, 6.45) is -0.870. The molecule has 0 unspecified atom stereocenters. The van der Waals surface area contributed by atoms with Gasteiger partial charge in [0.25, 0.3) is 5.91 Å². The third-order valence-electron chi connectivity index (χ3n) is 5.60. The minimum absolute atomic E-state index is 0.254. The van der Waals surface area contributed by atoms with Crippen LogP contribution in [0, 0.1) is 5.92 Å². The average Bonchev–Trinajstić information content (AvgIpc) is 3.31. The molecule has 3 aromatic rings. The first-order chi connectivity index (χ1) is 14.7. The molecule has 0 spiro atoms. The molecule has 30 heavy (non-hydrogen) atoms. The molecule has 6 heteroatoms. The number of amides is 2. The second kappa shape index (κ2) is 7.31. The van der Waals surface area contributed by atoms with Crippen LogP contribution in [0.15, 0.2) is 84.9 Å². The van der Waals surface area contributed by atoms with Crippen molar-refractivity contribution in [3.05, 3.63) is 90.5 Å². The third kappa shape index (κ3) is 2.84. The summed E-state index contributed by atoms with van der Waals surface area (Å²) in [6, 6.07) is 25.6. The number of hydrogen-bond acceptors (Lipinski definition) is 5. The largest absolute Gasteiger partial charge is 0.497 e. The summed E-state index contributed by atoms with van der Waals surface area (Å²) < 4.78 is 5.27. The van der Waals surface area contributed by atoms with Gasteiger partial charge in [0.05, 0.1) is 24.5 Å². The normalized spacial score (nSPS) is 23.0. The number of hydrogen-bond donors (Lipinski definition) is 0. The predicted molar refractivity (Wildman–Crippen MR) is 112 cm³/mol. The van der Waals surface area contributed by atoms with Crippen LogP contribution in [0.25, 0.3) is 0 Å². The van der Waals surface area contributed by atoms with Gasteiger partial charge in [-0.05, 0) is 42.0 Å². The quantitative estimate of drug-likeness (QED) is 0.625. The maximum Gasteiger partial charge on any atom is 0.266 e. The van der Waals surface area contributed by atoms with E-state index < -0.39 is 18.1 Å². The highest BCUT2D eigenvalue weighted by Crippen LogP contribution is 2.47. The van der Waals surface area contributed by atoms with Gasteiger partial charge >= 0.3 is 0 Å². The molecule has 6 nitrogen and oxygen atoms in total. The van der Waals surface area contributed by atoms with Gasteiger partial charge in [-0.25, -0.2) is 9.96 Å². The number of nitrogens with zero attached hydrogens (tertiary/aromatic N) is 2. The molecule has 0 aromatic heterocycles. The summed E-state index contributed by atoms with van der Waals surface area (Å²) in [4.78, 5) is 34.0. The van der Waals surface area contributed by atoms with Gasteiger partial charge in [0.15, 0.2) is 6.10 Å². The molecule has 5 rings (SSSR count). The van der Waals surface area contributed by atoms with Gasteiger partial charge < -0.3 is 4.74 Å². The van der Waals surface area contributed by atoms with Gasteiger partial charge in [-0.15, -0.1) is 0 Å². The zero-order valence-electron chi connectivity index (χ0n) is 16.3. The molecule has 0 N–H and O–H groups in total. The average molecular weight is 400 g/mol. The summed E-state index contributed by atoms with van der Waals surface area (Å²) in [5.74, 6) is -0.518. The Balaban J connectivity index is 1.58. The molecule has 2 amide bonds. The molecule has 2 aliphatic rings. The number of carbonyl (C=O) groups is 2. The van der Waals surface area contributed by atoms with Crippen molar-refractivity contribution in [1.82, 2.24) is 0 Å². The summed E-state index contributed by atoms with van der Waals surface area (Å²) >= 11 is 0. The standard InChI is InChI=1S/C24H20N2O4/c1-29-19-14-12-16(13-15-19)21-20-22(30-26(21)18-10-6-3-7-11-18)24(28)25(23(20)27)17-8-4-2-5-9-17/h2-15,20-22H,1H3/t20-,21-,22-/m0/s1. The Labute approximate surface area is 174 Å². The van der Waals surface area contributed by atoms with E-state index in [-0.39, 0.29) is 11.8 Å². The smallest absolute Gasteiger partial charge is 0.266 e.